The number of hydrogen-bond acceptors (Lipinski definition) is 3. The molecule has 106 valence electrons. The molecule has 0 aliphatic carbocycles. The fourth-order valence-electron chi connectivity index (χ4n) is 2.23. The number of aryl methyl sites for hydroxylation is 1. The Balaban J connectivity index is 2.21. The molecule has 2 rings (SSSR count). The van der Waals surface area contributed by atoms with Gasteiger partial charge >= 0.3 is 0 Å². The van der Waals surface area contributed by atoms with Crippen LogP contribution in [0.3, 0.4) is 0 Å². The molecule has 20 heavy (non-hydrogen) atoms. The first-order valence-electron chi connectivity index (χ1n) is 6.75. The van der Waals surface area contributed by atoms with Crippen molar-refractivity contribution in [2.75, 3.05) is 19.0 Å². The molecule has 0 aromatic heterocycles. The standard InChI is InChI=1S/C17H21NO2/c1-13-7-9-15(10-8-13)18-17(11-19)16-6-4-3-5-14(16)12-20-2/h3-10,17-19H,11-12H2,1-2H3. The third-order valence-corrected chi connectivity index (χ3v) is 3.31. The monoisotopic (exact) mass is 271 g/mol. The van der Waals surface area contributed by atoms with Crippen LogP contribution < -0.4 is 5.32 Å². The van der Waals surface area contributed by atoms with E-state index in [1.165, 1.54) is 5.56 Å². The first kappa shape index (κ1) is 14.6. The summed E-state index contributed by atoms with van der Waals surface area (Å²) in [5, 5.41) is 13.1. The van der Waals surface area contributed by atoms with Crippen LogP contribution in [-0.2, 0) is 11.3 Å². The van der Waals surface area contributed by atoms with Crippen LogP contribution >= 0.6 is 0 Å². The van der Waals surface area contributed by atoms with Gasteiger partial charge in [0.05, 0.1) is 19.3 Å². The minimum Gasteiger partial charge on any atom is -0.394 e. The number of hydrogen-bond donors (Lipinski definition) is 2. The summed E-state index contributed by atoms with van der Waals surface area (Å²) in [4.78, 5) is 0. The normalized spacial score (nSPS) is 12.2. The van der Waals surface area contributed by atoms with Crippen LogP contribution in [0.25, 0.3) is 0 Å². The van der Waals surface area contributed by atoms with Crippen LogP contribution in [-0.4, -0.2) is 18.8 Å². The van der Waals surface area contributed by atoms with Crippen molar-refractivity contribution in [1.82, 2.24) is 0 Å². The Hall–Kier alpha value is -1.84. The van der Waals surface area contributed by atoms with Gasteiger partial charge in [-0.3, -0.25) is 0 Å². The molecule has 2 N–H and O–H groups in total. The molecule has 3 heteroatoms. The van der Waals surface area contributed by atoms with Crippen molar-refractivity contribution in [3.8, 4) is 0 Å². The minimum atomic E-state index is -0.135. The van der Waals surface area contributed by atoms with Crippen molar-refractivity contribution in [3.05, 3.63) is 65.2 Å². The van der Waals surface area contributed by atoms with Crippen LogP contribution in [0.2, 0.25) is 0 Å². The largest absolute Gasteiger partial charge is 0.394 e. The van der Waals surface area contributed by atoms with Crippen LogP contribution in [0.4, 0.5) is 5.69 Å². The molecule has 0 bridgehead atoms. The second-order valence-electron chi connectivity index (χ2n) is 4.88. The van der Waals surface area contributed by atoms with Crippen molar-refractivity contribution >= 4 is 5.69 Å². The molecule has 3 nitrogen and oxygen atoms in total. The van der Waals surface area contributed by atoms with E-state index < -0.39 is 0 Å². The molecule has 1 atom stereocenters. The van der Waals surface area contributed by atoms with Gasteiger partial charge in [-0.2, -0.15) is 0 Å². The second kappa shape index (κ2) is 7.08. The molecule has 0 spiro atoms. The fourth-order valence-corrected chi connectivity index (χ4v) is 2.23. The molecule has 0 amide bonds. The van der Waals surface area contributed by atoms with E-state index >= 15 is 0 Å². The Morgan fingerprint density at radius 2 is 1.80 bits per heavy atom. The third-order valence-electron chi connectivity index (χ3n) is 3.31. The maximum Gasteiger partial charge on any atom is 0.0748 e. The van der Waals surface area contributed by atoms with Crippen molar-refractivity contribution < 1.29 is 9.84 Å². The second-order valence-corrected chi connectivity index (χ2v) is 4.88. The SMILES string of the molecule is COCc1ccccc1C(CO)Nc1ccc(C)cc1. The van der Waals surface area contributed by atoms with E-state index in [1.807, 2.05) is 36.4 Å². The van der Waals surface area contributed by atoms with Crippen molar-refractivity contribution in [2.24, 2.45) is 0 Å². The van der Waals surface area contributed by atoms with E-state index in [4.69, 9.17) is 4.74 Å². The number of nitrogens with one attached hydrogen (secondary N) is 1. The zero-order chi connectivity index (χ0) is 14.4. The Kier molecular flexibility index (Phi) is 5.16. The van der Waals surface area contributed by atoms with Crippen molar-refractivity contribution in [1.29, 1.82) is 0 Å². The Bertz CT molecular complexity index is 537. The molecule has 0 aliphatic rings. The van der Waals surface area contributed by atoms with Gasteiger partial charge in [-0.25, -0.2) is 0 Å². The lowest BCUT2D eigenvalue weighted by molar-refractivity contribution is 0.183. The van der Waals surface area contributed by atoms with Gasteiger partial charge < -0.3 is 15.2 Å². The zero-order valence-corrected chi connectivity index (χ0v) is 12.0. The van der Waals surface area contributed by atoms with E-state index in [-0.39, 0.29) is 12.6 Å². The molecular formula is C17H21NO2. The van der Waals surface area contributed by atoms with E-state index in [9.17, 15) is 5.11 Å². The van der Waals surface area contributed by atoms with Crippen LogP contribution in [0.1, 0.15) is 22.7 Å². The highest BCUT2D eigenvalue weighted by atomic mass is 16.5. The van der Waals surface area contributed by atoms with Gasteiger partial charge in [-0.1, -0.05) is 42.0 Å². The highest BCUT2D eigenvalue weighted by Gasteiger charge is 2.13. The van der Waals surface area contributed by atoms with E-state index in [0.717, 1.165) is 16.8 Å². The van der Waals surface area contributed by atoms with Crippen molar-refractivity contribution in [3.63, 3.8) is 0 Å². The minimum absolute atomic E-state index is 0.0363. The molecule has 0 saturated heterocycles. The zero-order valence-electron chi connectivity index (χ0n) is 12.0. The number of aliphatic hydroxyl groups is 1. The van der Waals surface area contributed by atoms with E-state index in [1.54, 1.807) is 7.11 Å². The predicted molar refractivity (Wildman–Crippen MR) is 81.8 cm³/mol. The van der Waals surface area contributed by atoms with Gasteiger partial charge in [0, 0.05) is 12.8 Å². The molecule has 2 aromatic carbocycles. The Morgan fingerprint density at radius 3 is 2.45 bits per heavy atom. The van der Waals surface area contributed by atoms with E-state index in [2.05, 4.69) is 24.4 Å². The van der Waals surface area contributed by atoms with Gasteiger partial charge in [0.2, 0.25) is 0 Å². The number of anilines is 1. The van der Waals surface area contributed by atoms with Gasteiger partial charge in [-0.05, 0) is 30.2 Å². The lowest BCUT2D eigenvalue weighted by Crippen LogP contribution is -2.16. The molecule has 0 heterocycles. The number of ether oxygens (including phenoxy) is 1. The summed E-state index contributed by atoms with van der Waals surface area (Å²) < 4.78 is 5.22. The number of methoxy groups -OCH3 is 1. The Morgan fingerprint density at radius 1 is 1.10 bits per heavy atom. The molecule has 0 aliphatic heterocycles. The van der Waals surface area contributed by atoms with Crippen LogP contribution in [0.15, 0.2) is 48.5 Å². The summed E-state index contributed by atoms with van der Waals surface area (Å²) >= 11 is 0. The molecule has 2 aromatic rings. The summed E-state index contributed by atoms with van der Waals surface area (Å²) in [6, 6.07) is 16.0. The summed E-state index contributed by atoms with van der Waals surface area (Å²) in [6.07, 6.45) is 0. The lowest BCUT2D eigenvalue weighted by Gasteiger charge is -2.21. The first-order valence-corrected chi connectivity index (χ1v) is 6.75. The summed E-state index contributed by atoms with van der Waals surface area (Å²) in [5.74, 6) is 0. The van der Waals surface area contributed by atoms with Crippen LogP contribution in [0, 0.1) is 6.92 Å². The quantitative estimate of drug-likeness (QED) is 0.847. The summed E-state index contributed by atoms with van der Waals surface area (Å²) in [5.41, 5.74) is 4.38. The summed E-state index contributed by atoms with van der Waals surface area (Å²) in [7, 11) is 1.68. The average Bonchev–Trinajstić information content (AvgIpc) is 2.48. The molecule has 1 unspecified atom stereocenters. The number of benzene rings is 2. The topological polar surface area (TPSA) is 41.5 Å². The maximum absolute atomic E-state index is 9.68. The Labute approximate surface area is 120 Å². The molecule has 0 radical (unpaired) electrons. The van der Waals surface area contributed by atoms with Gasteiger partial charge in [0.15, 0.2) is 0 Å². The molecule has 0 fully saturated rings. The van der Waals surface area contributed by atoms with Gasteiger partial charge in [-0.15, -0.1) is 0 Å². The summed E-state index contributed by atoms with van der Waals surface area (Å²) in [6.45, 7) is 2.64. The van der Waals surface area contributed by atoms with Gasteiger partial charge in [0.25, 0.3) is 0 Å². The fraction of sp³-hybridized carbons (Fsp3) is 0.294. The van der Waals surface area contributed by atoms with Crippen LogP contribution in [0.5, 0.6) is 0 Å². The smallest absolute Gasteiger partial charge is 0.0748 e. The highest BCUT2D eigenvalue weighted by molar-refractivity contribution is 5.47. The number of aliphatic hydroxyl groups excluding tert-OH is 1. The lowest BCUT2D eigenvalue weighted by atomic mass is 10.0. The maximum atomic E-state index is 9.68. The average molecular weight is 271 g/mol. The molecule has 0 saturated carbocycles. The highest BCUT2D eigenvalue weighted by Crippen LogP contribution is 2.23. The van der Waals surface area contributed by atoms with Gasteiger partial charge in [0.1, 0.15) is 0 Å². The van der Waals surface area contributed by atoms with E-state index in [0.29, 0.717) is 6.61 Å². The number of rotatable bonds is 6. The first-order chi connectivity index (χ1) is 9.74. The van der Waals surface area contributed by atoms with Crippen molar-refractivity contribution in [2.45, 2.75) is 19.6 Å². The third kappa shape index (κ3) is 3.59. The molecular weight excluding hydrogens is 250 g/mol. The predicted octanol–water partition coefficient (Wildman–Crippen LogP) is 3.29.